The average Bonchev–Trinajstić information content (AvgIpc) is 2.40. The van der Waals surface area contributed by atoms with Crippen molar-refractivity contribution in [2.24, 2.45) is 5.73 Å². The minimum Gasteiger partial charge on any atom is -0.389 e. The Kier molecular flexibility index (Phi) is 6.87. The van der Waals surface area contributed by atoms with Crippen molar-refractivity contribution in [1.29, 1.82) is 0 Å². The molecule has 19 heavy (non-hydrogen) atoms. The van der Waals surface area contributed by atoms with Gasteiger partial charge in [0.2, 0.25) is 5.91 Å². The van der Waals surface area contributed by atoms with E-state index in [0.29, 0.717) is 10.7 Å². The molecule has 0 unspecified atom stereocenters. The van der Waals surface area contributed by atoms with Crippen molar-refractivity contribution in [3.63, 3.8) is 0 Å². The number of rotatable bonds is 7. The first-order chi connectivity index (χ1) is 9.08. The summed E-state index contributed by atoms with van der Waals surface area (Å²) in [6.07, 6.45) is 0. The highest BCUT2D eigenvalue weighted by molar-refractivity contribution is 7.99. The Labute approximate surface area is 124 Å². The monoisotopic (exact) mass is 296 g/mol. The summed E-state index contributed by atoms with van der Waals surface area (Å²) in [6, 6.07) is 7.85. The Hall–Kier alpha value is -1.07. The summed E-state index contributed by atoms with van der Waals surface area (Å²) in [4.78, 5) is 14.1. The molecule has 2 N–H and O–H groups in total. The highest BCUT2D eigenvalue weighted by Crippen LogP contribution is 2.14. The number of benzene rings is 1. The number of nitrogens with zero attached hydrogens (tertiary/aromatic N) is 1. The van der Waals surface area contributed by atoms with Crippen molar-refractivity contribution in [3.05, 3.63) is 35.4 Å². The van der Waals surface area contributed by atoms with Crippen LogP contribution in [-0.2, 0) is 10.5 Å². The maximum atomic E-state index is 11.8. The molecule has 1 aromatic carbocycles. The number of nitrogens with two attached hydrogens (primary N) is 1. The summed E-state index contributed by atoms with van der Waals surface area (Å²) >= 11 is 6.54. The number of hydrogen-bond acceptors (Lipinski definition) is 3. The van der Waals surface area contributed by atoms with Crippen LogP contribution in [0.5, 0.6) is 0 Å². The zero-order chi connectivity index (χ0) is 14.3. The second-order valence-corrected chi connectivity index (χ2v) is 5.55. The normalized spacial score (nSPS) is 10.2. The van der Waals surface area contributed by atoms with E-state index < -0.39 is 0 Å². The van der Waals surface area contributed by atoms with Crippen molar-refractivity contribution < 1.29 is 4.79 Å². The SMILES string of the molecule is CCN(CC)C(=O)CSCc1ccc(C(N)=S)cc1. The van der Waals surface area contributed by atoms with E-state index in [2.05, 4.69) is 0 Å². The van der Waals surface area contributed by atoms with Gasteiger partial charge in [0.1, 0.15) is 4.99 Å². The van der Waals surface area contributed by atoms with Gasteiger partial charge in [0.05, 0.1) is 5.75 Å². The number of amides is 1. The van der Waals surface area contributed by atoms with Crippen molar-refractivity contribution in [2.75, 3.05) is 18.8 Å². The lowest BCUT2D eigenvalue weighted by Crippen LogP contribution is -2.31. The van der Waals surface area contributed by atoms with Crippen molar-refractivity contribution in [2.45, 2.75) is 19.6 Å². The van der Waals surface area contributed by atoms with Crippen LogP contribution < -0.4 is 5.73 Å². The molecule has 0 bridgehead atoms. The summed E-state index contributed by atoms with van der Waals surface area (Å²) in [7, 11) is 0. The van der Waals surface area contributed by atoms with Crippen molar-refractivity contribution >= 4 is 34.9 Å². The van der Waals surface area contributed by atoms with Crippen LogP contribution in [0.25, 0.3) is 0 Å². The molecule has 5 heteroatoms. The Balaban J connectivity index is 2.41. The predicted octanol–water partition coefficient (Wildman–Crippen LogP) is 2.42. The molecule has 1 amide bonds. The van der Waals surface area contributed by atoms with Crippen LogP contribution in [0.4, 0.5) is 0 Å². The van der Waals surface area contributed by atoms with Gasteiger partial charge in [-0.1, -0.05) is 36.5 Å². The molecule has 0 saturated carbocycles. The Morgan fingerprint density at radius 3 is 2.32 bits per heavy atom. The van der Waals surface area contributed by atoms with Crippen LogP contribution in [-0.4, -0.2) is 34.6 Å². The van der Waals surface area contributed by atoms with Gasteiger partial charge in [-0.2, -0.15) is 0 Å². The summed E-state index contributed by atoms with van der Waals surface area (Å²) in [6.45, 7) is 5.55. The second-order valence-electron chi connectivity index (χ2n) is 4.12. The van der Waals surface area contributed by atoms with E-state index in [0.717, 1.165) is 24.4 Å². The van der Waals surface area contributed by atoms with Crippen LogP contribution in [0.15, 0.2) is 24.3 Å². The molecule has 0 spiro atoms. The van der Waals surface area contributed by atoms with E-state index >= 15 is 0 Å². The quantitative estimate of drug-likeness (QED) is 0.785. The molecule has 0 radical (unpaired) electrons. The standard InChI is InChI=1S/C14H20N2OS2/c1-3-16(4-2)13(17)10-19-9-11-5-7-12(8-6-11)14(15)18/h5-8H,3-4,9-10H2,1-2H3,(H2,15,18). The molecule has 0 fully saturated rings. The molecule has 104 valence electrons. The smallest absolute Gasteiger partial charge is 0.232 e. The average molecular weight is 296 g/mol. The molecule has 0 aliphatic rings. The Bertz CT molecular complexity index is 428. The molecule has 1 aromatic rings. The zero-order valence-electron chi connectivity index (χ0n) is 11.4. The summed E-state index contributed by atoms with van der Waals surface area (Å²) < 4.78 is 0. The fourth-order valence-corrected chi connectivity index (χ4v) is 2.71. The van der Waals surface area contributed by atoms with Gasteiger partial charge in [0.25, 0.3) is 0 Å². The summed E-state index contributed by atoms with van der Waals surface area (Å²) in [5.74, 6) is 1.55. The Morgan fingerprint density at radius 2 is 1.84 bits per heavy atom. The van der Waals surface area contributed by atoms with Crippen LogP contribution in [0.3, 0.4) is 0 Å². The lowest BCUT2D eigenvalue weighted by Gasteiger charge is -2.18. The summed E-state index contributed by atoms with van der Waals surface area (Å²) in [5.41, 5.74) is 7.60. The first-order valence-corrected chi connectivity index (χ1v) is 7.89. The van der Waals surface area contributed by atoms with Crippen LogP contribution in [0, 0.1) is 0 Å². The Morgan fingerprint density at radius 1 is 1.26 bits per heavy atom. The van der Waals surface area contributed by atoms with Crippen LogP contribution in [0.1, 0.15) is 25.0 Å². The minimum absolute atomic E-state index is 0.203. The summed E-state index contributed by atoms with van der Waals surface area (Å²) in [5, 5.41) is 0. The number of carbonyl (C=O) groups is 1. The van der Waals surface area contributed by atoms with Gasteiger partial charge in [-0.25, -0.2) is 0 Å². The largest absolute Gasteiger partial charge is 0.389 e. The fourth-order valence-electron chi connectivity index (χ4n) is 1.69. The van der Waals surface area contributed by atoms with E-state index in [-0.39, 0.29) is 5.91 Å². The minimum atomic E-state index is 0.203. The van der Waals surface area contributed by atoms with Gasteiger partial charge < -0.3 is 10.6 Å². The molecule has 0 aliphatic carbocycles. The fraction of sp³-hybridized carbons (Fsp3) is 0.429. The molecule has 0 saturated heterocycles. The molecule has 1 rings (SSSR count). The van der Waals surface area contributed by atoms with Gasteiger partial charge in [-0.05, 0) is 19.4 Å². The molecule has 0 atom stereocenters. The van der Waals surface area contributed by atoms with E-state index in [9.17, 15) is 4.79 Å². The maximum absolute atomic E-state index is 11.8. The van der Waals surface area contributed by atoms with Gasteiger partial charge in [0, 0.05) is 24.4 Å². The first-order valence-electron chi connectivity index (χ1n) is 6.32. The second kappa shape index (κ2) is 8.17. The molecule has 0 heterocycles. The van der Waals surface area contributed by atoms with E-state index in [1.165, 1.54) is 5.56 Å². The highest BCUT2D eigenvalue weighted by atomic mass is 32.2. The van der Waals surface area contributed by atoms with E-state index in [1.54, 1.807) is 11.8 Å². The number of thiocarbonyl (C=S) groups is 1. The molecule has 0 aromatic heterocycles. The predicted molar refractivity (Wildman–Crippen MR) is 86.4 cm³/mol. The molecular formula is C14H20N2OS2. The lowest BCUT2D eigenvalue weighted by atomic mass is 10.1. The van der Waals surface area contributed by atoms with Crippen LogP contribution in [0.2, 0.25) is 0 Å². The van der Waals surface area contributed by atoms with E-state index in [1.807, 2.05) is 43.0 Å². The topological polar surface area (TPSA) is 46.3 Å². The molecule has 0 aliphatic heterocycles. The third-order valence-electron chi connectivity index (χ3n) is 2.85. The van der Waals surface area contributed by atoms with Crippen LogP contribution >= 0.6 is 24.0 Å². The van der Waals surface area contributed by atoms with Gasteiger partial charge in [-0.3, -0.25) is 4.79 Å². The highest BCUT2D eigenvalue weighted by Gasteiger charge is 2.09. The first kappa shape index (κ1) is 16.0. The third kappa shape index (κ3) is 5.20. The number of carbonyl (C=O) groups excluding carboxylic acids is 1. The van der Waals surface area contributed by atoms with Crippen molar-refractivity contribution in [1.82, 2.24) is 4.90 Å². The molecular weight excluding hydrogens is 276 g/mol. The third-order valence-corrected chi connectivity index (χ3v) is 4.07. The number of hydrogen-bond donors (Lipinski definition) is 1. The van der Waals surface area contributed by atoms with Gasteiger partial charge >= 0.3 is 0 Å². The lowest BCUT2D eigenvalue weighted by molar-refractivity contribution is -0.127. The van der Waals surface area contributed by atoms with E-state index in [4.69, 9.17) is 18.0 Å². The van der Waals surface area contributed by atoms with Crippen molar-refractivity contribution in [3.8, 4) is 0 Å². The zero-order valence-corrected chi connectivity index (χ0v) is 13.0. The number of thioether (sulfide) groups is 1. The van der Waals surface area contributed by atoms with Gasteiger partial charge in [-0.15, -0.1) is 11.8 Å². The maximum Gasteiger partial charge on any atom is 0.232 e. The molecule has 3 nitrogen and oxygen atoms in total. The van der Waals surface area contributed by atoms with Gasteiger partial charge in [0.15, 0.2) is 0 Å².